The van der Waals surface area contributed by atoms with Crippen LogP contribution in [0.25, 0.3) is 5.69 Å². The fourth-order valence-corrected chi connectivity index (χ4v) is 2.17. The number of hydrogen-bond donors (Lipinski definition) is 2. The van der Waals surface area contributed by atoms with E-state index in [4.69, 9.17) is 5.84 Å². The first-order chi connectivity index (χ1) is 9.70. The van der Waals surface area contributed by atoms with Crippen LogP contribution in [0.2, 0.25) is 0 Å². The summed E-state index contributed by atoms with van der Waals surface area (Å²) in [5, 5.41) is 8.82. The monoisotopic (exact) mass is 273 g/mol. The molecule has 0 spiro atoms. The van der Waals surface area contributed by atoms with Gasteiger partial charge in [-0.15, -0.1) is 0 Å². The Kier molecular flexibility index (Phi) is 5.26. The number of nitrogens with zero attached hydrogens (tertiary/aromatic N) is 3. The highest BCUT2D eigenvalue weighted by molar-refractivity contribution is 5.28. The van der Waals surface area contributed by atoms with E-state index in [9.17, 15) is 0 Å². The molecule has 1 aromatic carbocycles. The minimum absolute atomic E-state index is 0.0613. The van der Waals surface area contributed by atoms with Gasteiger partial charge in [0.05, 0.1) is 17.9 Å². The number of benzene rings is 1. The Morgan fingerprint density at radius 1 is 1.20 bits per heavy atom. The van der Waals surface area contributed by atoms with Crippen molar-refractivity contribution in [2.75, 3.05) is 0 Å². The van der Waals surface area contributed by atoms with E-state index in [0.29, 0.717) is 5.92 Å². The van der Waals surface area contributed by atoms with Crippen molar-refractivity contribution >= 4 is 0 Å². The van der Waals surface area contributed by atoms with Gasteiger partial charge in [-0.05, 0) is 24.5 Å². The number of para-hydroxylation sites is 1. The summed E-state index contributed by atoms with van der Waals surface area (Å²) in [6, 6.07) is 9.94. The molecule has 1 heterocycles. The molecule has 0 aliphatic heterocycles. The minimum atomic E-state index is 0.0613. The highest BCUT2D eigenvalue weighted by Gasteiger charge is 2.14. The van der Waals surface area contributed by atoms with Gasteiger partial charge < -0.3 is 0 Å². The van der Waals surface area contributed by atoms with Crippen molar-refractivity contribution in [1.82, 2.24) is 20.4 Å². The van der Waals surface area contributed by atoms with Gasteiger partial charge >= 0.3 is 0 Å². The van der Waals surface area contributed by atoms with Crippen molar-refractivity contribution in [3.05, 3.63) is 42.2 Å². The van der Waals surface area contributed by atoms with E-state index in [0.717, 1.165) is 24.2 Å². The summed E-state index contributed by atoms with van der Waals surface area (Å²) in [4.78, 5) is 1.64. The molecule has 1 unspecified atom stereocenters. The van der Waals surface area contributed by atoms with Crippen LogP contribution in [0, 0.1) is 5.92 Å². The number of aromatic nitrogens is 3. The Morgan fingerprint density at radius 2 is 1.95 bits per heavy atom. The molecule has 0 aliphatic carbocycles. The lowest BCUT2D eigenvalue weighted by molar-refractivity contribution is 0.446. The molecule has 1 atom stereocenters. The normalized spacial score (nSPS) is 12.8. The Morgan fingerprint density at radius 3 is 2.60 bits per heavy atom. The molecule has 0 saturated heterocycles. The first kappa shape index (κ1) is 14.7. The molecule has 2 rings (SSSR count). The van der Waals surface area contributed by atoms with Gasteiger partial charge in [-0.1, -0.05) is 44.9 Å². The Bertz CT molecular complexity index is 506. The van der Waals surface area contributed by atoms with E-state index in [1.54, 1.807) is 11.0 Å². The topological polar surface area (TPSA) is 68.8 Å². The van der Waals surface area contributed by atoms with Crippen LogP contribution in [0.1, 0.15) is 44.8 Å². The summed E-state index contributed by atoms with van der Waals surface area (Å²) >= 11 is 0. The van der Waals surface area contributed by atoms with E-state index in [-0.39, 0.29) is 6.04 Å². The lowest BCUT2D eigenvalue weighted by Gasteiger charge is -2.13. The minimum Gasteiger partial charge on any atom is -0.271 e. The summed E-state index contributed by atoms with van der Waals surface area (Å²) < 4.78 is 0. The van der Waals surface area contributed by atoms with Gasteiger partial charge in [-0.2, -0.15) is 15.0 Å². The van der Waals surface area contributed by atoms with Gasteiger partial charge in [0.25, 0.3) is 0 Å². The standard InChI is InChI=1S/C15H23N5/c1-12(2)7-6-10-14(18-16)15-11-17-20(19-15)13-8-4-3-5-9-13/h3-5,8-9,11-12,14,18H,6-7,10,16H2,1-2H3. The maximum absolute atomic E-state index is 5.64. The van der Waals surface area contributed by atoms with Crippen LogP contribution in [0.5, 0.6) is 0 Å². The molecule has 0 bridgehead atoms. The van der Waals surface area contributed by atoms with Gasteiger partial charge in [0.15, 0.2) is 0 Å². The van der Waals surface area contributed by atoms with Crippen molar-refractivity contribution in [2.45, 2.75) is 39.2 Å². The van der Waals surface area contributed by atoms with E-state index < -0.39 is 0 Å². The second-order valence-corrected chi connectivity index (χ2v) is 5.44. The molecular formula is C15H23N5. The van der Waals surface area contributed by atoms with Crippen LogP contribution in [-0.4, -0.2) is 15.0 Å². The zero-order chi connectivity index (χ0) is 14.4. The molecule has 0 saturated carbocycles. The van der Waals surface area contributed by atoms with Crippen LogP contribution >= 0.6 is 0 Å². The van der Waals surface area contributed by atoms with Gasteiger partial charge in [0.1, 0.15) is 5.69 Å². The summed E-state index contributed by atoms with van der Waals surface area (Å²) in [7, 11) is 0. The Balaban J connectivity index is 2.02. The zero-order valence-corrected chi connectivity index (χ0v) is 12.2. The molecule has 5 heteroatoms. The molecule has 20 heavy (non-hydrogen) atoms. The molecule has 0 fully saturated rings. The predicted molar refractivity (Wildman–Crippen MR) is 80.1 cm³/mol. The lowest BCUT2D eigenvalue weighted by atomic mass is 10.0. The average molecular weight is 273 g/mol. The van der Waals surface area contributed by atoms with Gasteiger partial charge in [-0.25, -0.2) is 0 Å². The molecule has 2 aromatic rings. The third kappa shape index (κ3) is 3.88. The van der Waals surface area contributed by atoms with Crippen molar-refractivity contribution in [2.24, 2.45) is 11.8 Å². The lowest BCUT2D eigenvalue weighted by Crippen LogP contribution is -2.28. The average Bonchev–Trinajstić information content (AvgIpc) is 2.94. The maximum atomic E-state index is 5.64. The number of nitrogens with one attached hydrogen (secondary N) is 1. The number of nitrogens with two attached hydrogens (primary N) is 1. The zero-order valence-electron chi connectivity index (χ0n) is 12.2. The van der Waals surface area contributed by atoms with Crippen LogP contribution < -0.4 is 11.3 Å². The molecule has 3 N–H and O–H groups in total. The molecule has 5 nitrogen and oxygen atoms in total. The fourth-order valence-electron chi connectivity index (χ4n) is 2.17. The molecule has 0 radical (unpaired) electrons. The predicted octanol–water partition coefficient (Wildman–Crippen LogP) is 2.60. The third-order valence-corrected chi connectivity index (χ3v) is 3.33. The molecule has 0 aliphatic rings. The second-order valence-electron chi connectivity index (χ2n) is 5.44. The second kappa shape index (κ2) is 7.17. The van der Waals surface area contributed by atoms with Crippen LogP contribution in [0.3, 0.4) is 0 Å². The van der Waals surface area contributed by atoms with Crippen molar-refractivity contribution in [3.63, 3.8) is 0 Å². The number of rotatable bonds is 7. The van der Waals surface area contributed by atoms with E-state index >= 15 is 0 Å². The first-order valence-electron chi connectivity index (χ1n) is 7.14. The Hall–Kier alpha value is -1.72. The Labute approximate surface area is 120 Å². The van der Waals surface area contributed by atoms with Crippen LogP contribution in [0.4, 0.5) is 0 Å². The van der Waals surface area contributed by atoms with Crippen molar-refractivity contribution < 1.29 is 0 Å². The quantitative estimate of drug-likeness (QED) is 0.601. The largest absolute Gasteiger partial charge is 0.271 e. The van der Waals surface area contributed by atoms with E-state index in [1.807, 2.05) is 30.3 Å². The maximum Gasteiger partial charge on any atom is 0.101 e. The smallest absolute Gasteiger partial charge is 0.101 e. The first-order valence-corrected chi connectivity index (χ1v) is 7.14. The molecule has 108 valence electrons. The molecule has 0 amide bonds. The molecular weight excluding hydrogens is 250 g/mol. The van der Waals surface area contributed by atoms with Gasteiger partial charge in [-0.3, -0.25) is 11.3 Å². The summed E-state index contributed by atoms with van der Waals surface area (Å²) in [6.07, 6.45) is 5.09. The summed E-state index contributed by atoms with van der Waals surface area (Å²) in [5.41, 5.74) is 4.69. The van der Waals surface area contributed by atoms with E-state index in [2.05, 4.69) is 29.5 Å². The molecule has 1 aromatic heterocycles. The van der Waals surface area contributed by atoms with Crippen LogP contribution in [-0.2, 0) is 0 Å². The highest BCUT2D eigenvalue weighted by Crippen LogP contribution is 2.18. The third-order valence-electron chi connectivity index (χ3n) is 3.33. The SMILES string of the molecule is CC(C)CCCC(NN)c1cnn(-c2ccccc2)n1. The van der Waals surface area contributed by atoms with Crippen LogP contribution in [0.15, 0.2) is 36.5 Å². The van der Waals surface area contributed by atoms with Gasteiger partial charge in [0, 0.05) is 0 Å². The summed E-state index contributed by atoms with van der Waals surface area (Å²) in [5.74, 6) is 6.36. The van der Waals surface area contributed by atoms with Crippen molar-refractivity contribution in [1.29, 1.82) is 0 Å². The highest BCUT2D eigenvalue weighted by atomic mass is 15.5. The summed E-state index contributed by atoms with van der Waals surface area (Å²) in [6.45, 7) is 4.47. The van der Waals surface area contributed by atoms with E-state index in [1.165, 1.54) is 6.42 Å². The van der Waals surface area contributed by atoms with Gasteiger partial charge in [0.2, 0.25) is 0 Å². The van der Waals surface area contributed by atoms with Crippen molar-refractivity contribution in [3.8, 4) is 5.69 Å². The number of hydrazine groups is 1. The number of hydrogen-bond acceptors (Lipinski definition) is 4. The fraction of sp³-hybridized carbons (Fsp3) is 0.467.